The number of nitrogens with zero attached hydrogens (tertiary/aromatic N) is 1. The lowest BCUT2D eigenvalue weighted by atomic mass is 10.1. The summed E-state index contributed by atoms with van der Waals surface area (Å²) in [4.78, 5) is 14.3. The summed E-state index contributed by atoms with van der Waals surface area (Å²) in [6.45, 7) is 1.89. The van der Waals surface area contributed by atoms with Gasteiger partial charge >= 0.3 is 0 Å². The van der Waals surface area contributed by atoms with Crippen molar-refractivity contribution in [2.24, 2.45) is 0 Å². The van der Waals surface area contributed by atoms with Crippen molar-refractivity contribution in [1.82, 2.24) is 0 Å². The number of thioether (sulfide) groups is 1. The molecule has 5 nitrogen and oxygen atoms in total. The normalized spacial score (nSPS) is 16.7. The molecule has 1 heterocycles. The molecular weight excluding hydrogens is 423 g/mol. The molecule has 1 atom stereocenters. The lowest BCUT2D eigenvalue weighted by molar-refractivity contribution is -0.115. The summed E-state index contributed by atoms with van der Waals surface area (Å²) in [7, 11) is -3.73. The lowest BCUT2D eigenvalue weighted by Gasteiger charge is -2.24. The number of nitrogens with one attached hydrogen (secondary N) is 1. The molecule has 154 valence electrons. The Kier molecular flexibility index (Phi) is 5.53. The molecule has 1 amide bonds. The number of carbonyl (C=O) groups is 1. The largest absolute Gasteiger partial charge is 0.295 e. The molecule has 0 saturated carbocycles. The third-order valence-corrected chi connectivity index (χ3v) is 7.34. The van der Waals surface area contributed by atoms with Gasteiger partial charge in [-0.1, -0.05) is 29.8 Å². The predicted octanol–water partition coefficient (Wildman–Crippen LogP) is 4.71. The molecule has 1 fully saturated rings. The van der Waals surface area contributed by atoms with Gasteiger partial charge in [-0.25, -0.2) is 12.8 Å². The molecule has 3 aromatic rings. The molecule has 1 aliphatic rings. The van der Waals surface area contributed by atoms with Gasteiger partial charge in [0, 0.05) is 11.4 Å². The first-order valence-electron chi connectivity index (χ1n) is 9.22. The lowest BCUT2D eigenvalue weighted by Crippen LogP contribution is -2.27. The van der Waals surface area contributed by atoms with Crippen LogP contribution in [0.3, 0.4) is 0 Å². The van der Waals surface area contributed by atoms with E-state index in [0.29, 0.717) is 17.1 Å². The molecule has 0 radical (unpaired) electrons. The summed E-state index contributed by atoms with van der Waals surface area (Å²) in [5.74, 6) is -0.161. The summed E-state index contributed by atoms with van der Waals surface area (Å²) in [6, 6.07) is 19.3. The number of benzene rings is 3. The molecule has 4 rings (SSSR count). The zero-order valence-corrected chi connectivity index (χ0v) is 17.7. The maximum atomic E-state index is 13.3. The van der Waals surface area contributed by atoms with Crippen molar-refractivity contribution in [2.75, 3.05) is 15.4 Å². The first-order valence-corrected chi connectivity index (χ1v) is 11.8. The van der Waals surface area contributed by atoms with Crippen molar-refractivity contribution >= 4 is 39.1 Å². The van der Waals surface area contributed by atoms with Gasteiger partial charge < -0.3 is 0 Å². The average molecular weight is 443 g/mol. The van der Waals surface area contributed by atoms with Crippen LogP contribution in [0, 0.1) is 12.7 Å². The van der Waals surface area contributed by atoms with Crippen LogP contribution in [0.1, 0.15) is 16.5 Å². The second-order valence-electron chi connectivity index (χ2n) is 6.95. The minimum atomic E-state index is -3.73. The van der Waals surface area contributed by atoms with Gasteiger partial charge in [0.25, 0.3) is 10.0 Å². The molecule has 1 saturated heterocycles. The molecule has 8 heteroatoms. The minimum absolute atomic E-state index is 0.0813. The number of halogens is 1. The Morgan fingerprint density at radius 2 is 1.73 bits per heavy atom. The number of carbonyl (C=O) groups excluding carboxylic acids is 1. The maximum absolute atomic E-state index is 13.3. The fourth-order valence-corrected chi connectivity index (χ4v) is 5.46. The van der Waals surface area contributed by atoms with E-state index in [4.69, 9.17) is 0 Å². The number of aryl methyl sites for hydroxylation is 1. The van der Waals surface area contributed by atoms with Crippen LogP contribution in [0.4, 0.5) is 15.8 Å². The SMILES string of the molecule is Cc1ccc(S(=O)(=O)Nc2cccc(C3SCC(=O)N3c3ccc(F)cc3)c2)cc1. The summed E-state index contributed by atoms with van der Waals surface area (Å²) in [6.07, 6.45) is 0. The van der Waals surface area contributed by atoms with E-state index in [1.54, 1.807) is 59.5 Å². The zero-order valence-electron chi connectivity index (χ0n) is 16.1. The van der Waals surface area contributed by atoms with Gasteiger partial charge in [0.15, 0.2) is 0 Å². The Labute approximate surface area is 179 Å². The first-order chi connectivity index (χ1) is 14.3. The van der Waals surface area contributed by atoms with E-state index in [9.17, 15) is 17.6 Å². The highest BCUT2D eigenvalue weighted by Gasteiger charge is 2.34. The molecule has 1 N–H and O–H groups in total. The standard InChI is InChI=1S/C22H19FN2O3S2/c1-15-5-11-20(12-6-15)30(27,28)24-18-4-2-3-16(13-18)22-25(21(26)14-29-22)19-9-7-17(23)8-10-19/h2-13,22,24H,14H2,1H3. The van der Waals surface area contributed by atoms with Crippen molar-refractivity contribution in [3.63, 3.8) is 0 Å². The molecule has 0 spiro atoms. The van der Waals surface area contributed by atoms with E-state index >= 15 is 0 Å². The van der Waals surface area contributed by atoms with Crippen molar-refractivity contribution in [1.29, 1.82) is 0 Å². The summed E-state index contributed by atoms with van der Waals surface area (Å²) in [5, 5.41) is -0.327. The van der Waals surface area contributed by atoms with Gasteiger partial charge in [-0.2, -0.15) is 0 Å². The highest BCUT2D eigenvalue weighted by Crippen LogP contribution is 2.42. The first kappa shape index (κ1) is 20.4. The van der Waals surface area contributed by atoms with Gasteiger partial charge in [-0.05, 0) is 61.0 Å². The third kappa shape index (κ3) is 4.20. The average Bonchev–Trinajstić information content (AvgIpc) is 3.10. The molecular formula is C22H19FN2O3S2. The predicted molar refractivity (Wildman–Crippen MR) is 118 cm³/mol. The second kappa shape index (κ2) is 8.12. The molecule has 30 heavy (non-hydrogen) atoms. The molecule has 0 bridgehead atoms. The fraction of sp³-hybridized carbons (Fsp3) is 0.136. The van der Waals surface area contributed by atoms with Crippen LogP contribution >= 0.6 is 11.8 Å². The molecule has 1 aliphatic heterocycles. The third-order valence-electron chi connectivity index (χ3n) is 4.73. The Morgan fingerprint density at radius 3 is 2.43 bits per heavy atom. The maximum Gasteiger partial charge on any atom is 0.261 e. The van der Waals surface area contributed by atoms with E-state index in [-0.39, 0.29) is 22.0 Å². The van der Waals surface area contributed by atoms with Gasteiger partial charge in [0.05, 0.1) is 10.6 Å². The summed E-state index contributed by atoms with van der Waals surface area (Å²) in [5.41, 5.74) is 2.76. The number of rotatable bonds is 5. The van der Waals surface area contributed by atoms with Crippen LogP contribution < -0.4 is 9.62 Å². The summed E-state index contributed by atoms with van der Waals surface area (Å²) >= 11 is 1.44. The van der Waals surface area contributed by atoms with E-state index in [2.05, 4.69) is 4.72 Å². The Morgan fingerprint density at radius 1 is 1.03 bits per heavy atom. The molecule has 3 aromatic carbocycles. The van der Waals surface area contributed by atoms with Crippen molar-refractivity contribution < 1.29 is 17.6 Å². The van der Waals surface area contributed by atoms with Crippen molar-refractivity contribution in [2.45, 2.75) is 17.2 Å². The fourth-order valence-electron chi connectivity index (χ4n) is 3.24. The highest BCUT2D eigenvalue weighted by molar-refractivity contribution is 8.00. The van der Waals surface area contributed by atoms with Crippen molar-refractivity contribution in [3.05, 3.63) is 89.7 Å². The monoisotopic (exact) mass is 442 g/mol. The van der Waals surface area contributed by atoms with E-state index in [1.807, 2.05) is 13.0 Å². The van der Waals surface area contributed by atoms with Gasteiger partial charge in [-0.15, -0.1) is 11.8 Å². The van der Waals surface area contributed by atoms with Crippen LogP contribution in [0.2, 0.25) is 0 Å². The Hall–Kier alpha value is -2.84. The minimum Gasteiger partial charge on any atom is -0.295 e. The van der Waals surface area contributed by atoms with E-state index in [1.165, 1.54) is 23.9 Å². The topological polar surface area (TPSA) is 66.5 Å². The quantitative estimate of drug-likeness (QED) is 0.621. The van der Waals surface area contributed by atoms with Crippen LogP contribution in [-0.2, 0) is 14.8 Å². The molecule has 0 aromatic heterocycles. The Balaban J connectivity index is 1.62. The second-order valence-corrected chi connectivity index (χ2v) is 9.70. The van der Waals surface area contributed by atoms with Crippen LogP contribution in [0.5, 0.6) is 0 Å². The van der Waals surface area contributed by atoms with Gasteiger partial charge in [-0.3, -0.25) is 14.4 Å². The van der Waals surface area contributed by atoms with E-state index in [0.717, 1.165) is 11.1 Å². The molecule has 1 unspecified atom stereocenters. The van der Waals surface area contributed by atoms with Gasteiger partial charge in [0.1, 0.15) is 11.2 Å². The number of hydrogen-bond acceptors (Lipinski definition) is 4. The highest BCUT2D eigenvalue weighted by atomic mass is 32.2. The van der Waals surface area contributed by atoms with Crippen LogP contribution in [-0.4, -0.2) is 20.1 Å². The number of anilines is 2. The van der Waals surface area contributed by atoms with Crippen molar-refractivity contribution in [3.8, 4) is 0 Å². The number of hydrogen-bond donors (Lipinski definition) is 1. The smallest absolute Gasteiger partial charge is 0.261 e. The molecule has 0 aliphatic carbocycles. The Bertz CT molecular complexity index is 1180. The van der Waals surface area contributed by atoms with Gasteiger partial charge in [0.2, 0.25) is 5.91 Å². The number of amides is 1. The van der Waals surface area contributed by atoms with E-state index < -0.39 is 10.0 Å². The number of sulfonamides is 1. The van der Waals surface area contributed by atoms with Crippen LogP contribution in [0.15, 0.2) is 77.7 Å². The summed E-state index contributed by atoms with van der Waals surface area (Å²) < 4.78 is 41.3. The van der Waals surface area contributed by atoms with Crippen LogP contribution in [0.25, 0.3) is 0 Å². The zero-order chi connectivity index (χ0) is 21.3.